The Bertz CT molecular complexity index is 535. The first-order valence-electron chi connectivity index (χ1n) is 5.93. The lowest BCUT2D eigenvalue weighted by Crippen LogP contribution is -2.08. The maximum atomic E-state index is 11.4. The molecule has 94 valence electrons. The molecule has 2 heterocycles. The van der Waals surface area contributed by atoms with Crippen molar-refractivity contribution in [1.29, 1.82) is 0 Å². The summed E-state index contributed by atoms with van der Waals surface area (Å²) in [6, 6.07) is 0. The van der Waals surface area contributed by atoms with E-state index in [1.54, 1.807) is 11.3 Å². The van der Waals surface area contributed by atoms with E-state index >= 15 is 0 Å². The van der Waals surface area contributed by atoms with Gasteiger partial charge >= 0.3 is 0 Å². The van der Waals surface area contributed by atoms with E-state index in [2.05, 4.69) is 4.98 Å². The van der Waals surface area contributed by atoms with Gasteiger partial charge in [-0.05, 0) is 25.7 Å². The second-order valence-electron chi connectivity index (χ2n) is 4.87. The number of rotatable bonds is 1. The molecule has 0 aromatic carbocycles. The Kier molecular flexibility index (Phi) is 2.76. The number of aliphatic hydroxyl groups is 1. The Hall–Kier alpha value is -0.460. The molecule has 2 atom stereocenters. The van der Waals surface area contributed by atoms with Crippen LogP contribution >= 0.6 is 11.3 Å². The van der Waals surface area contributed by atoms with Crippen molar-refractivity contribution >= 4 is 21.2 Å². The maximum absolute atomic E-state index is 11.4. The topological polar surface area (TPSA) is 67.3 Å². The van der Waals surface area contributed by atoms with E-state index < -0.39 is 15.9 Å². The zero-order valence-electron chi connectivity index (χ0n) is 9.42. The molecule has 1 aromatic heterocycles. The lowest BCUT2D eigenvalue weighted by Gasteiger charge is -2.14. The van der Waals surface area contributed by atoms with Gasteiger partial charge in [0.1, 0.15) is 0 Å². The molecule has 0 bridgehead atoms. The lowest BCUT2D eigenvalue weighted by atomic mass is 10.0. The summed E-state index contributed by atoms with van der Waals surface area (Å²) in [5.41, 5.74) is 0.806. The molecule has 1 saturated heterocycles. The third-order valence-electron chi connectivity index (χ3n) is 3.52. The van der Waals surface area contributed by atoms with Crippen molar-refractivity contribution in [3.05, 3.63) is 15.6 Å². The van der Waals surface area contributed by atoms with Crippen molar-refractivity contribution in [3.63, 3.8) is 0 Å². The monoisotopic (exact) mass is 273 g/mol. The SMILES string of the molecule is O=S1(=O)CCC(c2nc3c(s2)CCCC3O)C1. The minimum absolute atomic E-state index is 0.0581. The molecule has 4 nitrogen and oxygen atoms in total. The Balaban J connectivity index is 1.90. The van der Waals surface area contributed by atoms with Crippen LogP contribution in [0, 0.1) is 0 Å². The highest BCUT2D eigenvalue weighted by Gasteiger charge is 2.33. The average molecular weight is 273 g/mol. The van der Waals surface area contributed by atoms with Gasteiger partial charge in [-0.3, -0.25) is 0 Å². The van der Waals surface area contributed by atoms with E-state index in [9.17, 15) is 13.5 Å². The predicted octanol–water partition coefficient (Wildman–Crippen LogP) is 1.41. The smallest absolute Gasteiger partial charge is 0.151 e. The van der Waals surface area contributed by atoms with E-state index in [1.807, 2.05) is 0 Å². The largest absolute Gasteiger partial charge is 0.387 e. The van der Waals surface area contributed by atoms with Crippen molar-refractivity contribution in [3.8, 4) is 0 Å². The molecule has 0 saturated carbocycles. The molecule has 2 unspecified atom stereocenters. The maximum Gasteiger partial charge on any atom is 0.151 e. The van der Waals surface area contributed by atoms with E-state index in [-0.39, 0.29) is 17.4 Å². The highest BCUT2D eigenvalue weighted by molar-refractivity contribution is 7.91. The van der Waals surface area contributed by atoms with Crippen molar-refractivity contribution < 1.29 is 13.5 Å². The molecule has 1 N–H and O–H groups in total. The van der Waals surface area contributed by atoms with E-state index in [0.717, 1.165) is 34.8 Å². The Morgan fingerprint density at radius 1 is 1.35 bits per heavy atom. The van der Waals surface area contributed by atoms with Crippen LogP contribution in [0.3, 0.4) is 0 Å². The molecule has 1 fully saturated rings. The second kappa shape index (κ2) is 4.03. The predicted molar refractivity (Wildman–Crippen MR) is 66.0 cm³/mol. The quantitative estimate of drug-likeness (QED) is 0.840. The van der Waals surface area contributed by atoms with Crippen molar-refractivity contribution in [2.24, 2.45) is 0 Å². The van der Waals surface area contributed by atoms with Gasteiger partial charge < -0.3 is 5.11 Å². The number of thiazole rings is 1. The minimum atomic E-state index is -2.85. The number of fused-ring (bicyclic) bond motifs is 1. The van der Waals surface area contributed by atoms with Crippen molar-refractivity contribution in [2.45, 2.75) is 37.7 Å². The van der Waals surface area contributed by atoms with E-state index in [0.29, 0.717) is 6.42 Å². The zero-order chi connectivity index (χ0) is 12.0. The molecule has 2 aliphatic rings. The van der Waals surface area contributed by atoms with Crippen molar-refractivity contribution in [2.75, 3.05) is 11.5 Å². The van der Waals surface area contributed by atoms with Crippen LogP contribution in [0.15, 0.2) is 0 Å². The van der Waals surface area contributed by atoms with Gasteiger partial charge in [-0.1, -0.05) is 0 Å². The molecular weight excluding hydrogens is 258 g/mol. The van der Waals surface area contributed by atoms with E-state index in [1.165, 1.54) is 0 Å². The fourth-order valence-electron chi connectivity index (χ4n) is 2.58. The first-order valence-corrected chi connectivity index (χ1v) is 8.57. The normalized spacial score (nSPS) is 31.4. The second-order valence-corrected chi connectivity index (χ2v) is 8.21. The highest BCUT2D eigenvalue weighted by Crippen LogP contribution is 2.38. The summed E-state index contributed by atoms with van der Waals surface area (Å²) in [4.78, 5) is 5.64. The summed E-state index contributed by atoms with van der Waals surface area (Å²) in [6.07, 6.45) is 2.99. The lowest BCUT2D eigenvalue weighted by molar-refractivity contribution is 0.152. The number of aliphatic hydroxyl groups excluding tert-OH is 1. The summed E-state index contributed by atoms with van der Waals surface area (Å²) >= 11 is 1.60. The molecule has 0 amide bonds. The van der Waals surface area contributed by atoms with Gasteiger partial charge in [0, 0.05) is 10.8 Å². The van der Waals surface area contributed by atoms with Crippen LogP contribution in [0.25, 0.3) is 0 Å². The first kappa shape index (κ1) is 11.6. The number of nitrogens with zero attached hydrogens (tertiary/aromatic N) is 1. The van der Waals surface area contributed by atoms with Gasteiger partial charge in [0.05, 0.1) is 28.3 Å². The summed E-state index contributed by atoms with van der Waals surface area (Å²) in [6.45, 7) is 0. The van der Waals surface area contributed by atoms with Crippen LogP contribution in [0.2, 0.25) is 0 Å². The van der Waals surface area contributed by atoms with Gasteiger partial charge in [0.25, 0.3) is 0 Å². The highest BCUT2D eigenvalue weighted by atomic mass is 32.2. The van der Waals surface area contributed by atoms with Gasteiger partial charge in [-0.15, -0.1) is 11.3 Å². The van der Waals surface area contributed by atoms with Crippen LogP contribution < -0.4 is 0 Å². The minimum Gasteiger partial charge on any atom is -0.387 e. The van der Waals surface area contributed by atoms with Crippen molar-refractivity contribution in [1.82, 2.24) is 4.98 Å². The number of hydrogen-bond acceptors (Lipinski definition) is 5. The fraction of sp³-hybridized carbons (Fsp3) is 0.727. The van der Waals surface area contributed by atoms with E-state index in [4.69, 9.17) is 0 Å². The van der Waals surface area contributed by atoms with Crippen LogP contribution in [-0.4, -0.2) is 30.0 Å². The molecule has 1 aromatic rings. The summed E-state index contributed by atoms with van der Waals surface area (Å²) in [5, 5.41) is 10.8. The van der Waals surface area contributed by atoms with Gasteiger partial charge in [-0.25, -0.2) is 13.4 Å². The van der Waals surface area contributed by atoms with Crippen LogP contribution in [0.1, 0.15) is 46.9 Å². The summed E-state index contributed by atoms with van der Waals surface area (Å²) < 4.78 is 22.9. The standard InChI is InChI=1S/C11H15NO3S2/c13-8-2-1-3-9-10(8)12-11(16-9)7-4-5-17(14,15)6-7/h7-8,13H,1-6H2. The van der Waals surface area contributed by atoms with Crippen LogP contribution in [-0.2, 0) is 16.3 Å². The molecule has 17 heavy (non-hydrogen) atoms. The molecular formula is C11H15NO3S2. The third-order valence-corrected chi connectivity index (χ3v) is 6.58. The first-order chi connectivity index (χ1) is 8.05. The Labute approximate surface area is 105 Å². The molecule has 3 rings (SSSR count). The number of sulfone groups is 1. The fourth-order valence-corrected chi connectivity index (χ4v) is 5.73. The average Bonchev–Trinajstić information content (AvgIpc) is 2.82. The number of hydrogen-bond donors (Lipinski definition) is 1. The third kappa shape index (κ3) is 2.13. The Morgan fingerprint density at radius 2 is 2.18 bits per heavy atom. The molecule has 1 aliphatic carbocycles. The van der Waals surface area contributed by atoms with Crippen LogP contribution in [0.4, 0.5) is 0 Å². The van der Waals surface area contributed by atoms with Gasteiger partial charge in [0.15, 0.2) is 9.84 Å². The molecule has 6 heteroatoms. The molecule has 1 aliphatic heterocycles. The van der Waals surface area contributed by atoms with Gasteiger partial charge in [-0.2, -0.15) is 0 Å². The molecule has 0 spiro atoms. The Morgan fingerprint density at radius 3 is 2.82 bits per heavy atom. The number of aryl methyl sites for hydroxylation is 1. The zero-order valence-corrected chi connectivity index (χ0v) is 11.1. The summed E-state index contributed by atoms with van der Waals surface area (Å²) in [5.74, 6) is 0.572. The number of aromatic nitrogens is 1. The molecule has 0 radical (unpaired) electrons. The van der Waals surface area contributed by atoms with Gasteiger partial charge in [0.2, 0.25) is 0 Å². The summed E-state index contributed by atoms with van der Waals surface area (Å²) in [7, 11) is -2.85. The van der Waals surface area contributed by atoms with Crippen LogP contribution in [0.5, 0.6) is 0 Å².